The minimum atomic E-state index is -0.764. The van der Waals surface area contributed by atoms with Crippen LogP contribution in [0.1, 0.15) is 37.0 Å². The smallest absolute Gasteiger partial charge is 0.341 e. The van der Waals surface area contributed by atoms with Crippen molar-refractivity contribution in [3.63, 3.8) is 0 Å². The van der Waals surface area contributed by atoms with E-state index in [1.54, 1.807) is 0 Å². The molecule has 0 bridgehead atoms. The number of amides is 1. The number of nitrogens with one attached hydrogen (secondary N) is 1. The fourth-order valence-electron chi connectivity index (χ4n) is 2.85. The zero-order valence-corrected chi connectivity index (χ0v) is 15.6. The number of carbonyl (C=O) groups is 2. The number of benzene rings is 1. The van der Waals surface area contributed by atoms with E-state index in [2.05, 4.69) is 5.32 Å². The summed E-state index contributed by atoms with van der Waals surface area (Å²) in [6.45, 7) is 5.62. The molecule has 27 heavy (non-hydrogen) atoms. The lowest BCUT2D eigenvalue weighted by molar-refractivity contribution is -0.384. The number of nitro groups is 1. The van der Waals surface area contributed by atoms with Crippen LogP contribution in [-0.4, -0.2) is 55.8 Å². The minimum Gasteiger partial charge on any atom is -0.452 e. The van der Waals surface area contributed by atoms with E-state index in [-0.39, 0.29) is 17.3 Å². The lowest BCUT2D eigenvalue weighted by atomic mass is 10.1. The van der Waals surface area contributed by atoms with Crippen LogP contribution in [0, 0.1) is 10.1 Å². The first-order valence-corrected chi connectivity index (χ1v) is 9.03. The number of rotatable bonds is 8. The molecule has 1 N–H and O–H groups in total. The predicted molar refractivity (Wildman–Crippen MR) is 98.9 cm³/mol. The second-order valence-corrected chi connectivity index (χ2v) is 6.22. The van der Waals surface area contributed by atoms with Crippen LogP contribution >= 0.6 is 0 Å². The number of hydrogen-bond acceptors (Lipinski definition) is 7. The van der Waals surface area contributed by atoms with Crippen molar-refractivity contribution >= 4 is 23.3 Å². The van der Waals surface area contributed by atoms with Crippen molar-refractivity contribution in [2.24, 2.45) is 0 Å². The third-order valence-corrected chi connectivity index (χ3v) is 4.45. The Morgan fingerprint density at radius 3 is 2.56 bits per heavy atom. The second-order valence-electron chi connectivity index (χ2n) is 6.22. The number of hydrogen-bond donors (Lipinski definition) is 1. The molecule has 0 aromatic heterocycles. The van der Waals surface area contributed by atoms with Crippen LogP contribution in [0.5, 0.6) is 0 Å². The van der Waals surface area contributed by atoms with Crippen molar-refractivity contribution in [1.29, 1.82) is 0 Å². The zero-order valence-electron chi connectivity index (χ0n) is 15.6. The minimum absolute atomic E-state index is 0.0259. The molecule has 1 amide bonds. The van der Waals surface area contributed by atoms with Gasteiger partial charge in [0.25, 0.3) is 11.6 Å². The standard InChI is InChI=1S/C18H25N3O6/c1-3-13(4-2)19-17(22)12-27-18(23)15-11-14(21(24)25)5-6-16(15)20-7-9-26-10-8-20/h5-6,11,13H,3-4,7-10,12H2,1-2H3,(H,19,22). The van der Waals surface area contributed by atoms with Gasteiger partial charge in [0.1, 0.15) is 0 Å². The first-order valence-electron chi connectivity index (χ1n) is 9.03. The molecule has 1 aliphatic rings. The molecule has 1 aromatic carbocycles. The molecule has 1 aliphatic heterocycles. The number of anilines is 1. The number of esters is 1. The van der Waals surface area contributed by atoms with Crippen LogP contribution in [0.2, 0.25) is 0 Å². The topological polar surface area (TPSA) is 111 Å². The van der Waals surface area contributed by atoms with Gasteiger partial charge in [0, 0.05) is 31.3 Å². The highest BCUT2D eigenvalue weighted by molar-refractivity contribution is 5.97. The van der Waals surface area contributed by atoms with E-state index >= 15 is 0 Å². The monoisotopic (exact) mass is 379 g/mol. The molecule has 0 atom stereocenters. The van der Waals surface area contributed by atoms with Crippen molar-refractivity contribution in [2.45, 2.75) is 32.7 Å². The number of nitrogens with zero attached hydrogens (tertiary/aromatic N) is 2. The highest BCUT2D eigenvalue weighted by Crippen LogP contribution is 2.27. The molecule has 1 saturated heterocycles. The van der Waals surface area contributed by atoms with E-state index in [0.29, 0.717) is 32.0 Å². The number of morpholine rings is 1. The van der Waals surface area contributed by atoms with Gasteiger partial charge in [-0.1, -0.05) is 13.8 Å². The van der Waals surface area contributed by atoms with Crippen LogP contribution in [0.25, 0.3) is 0 Å². The number of carbonyl (C=O) groups excluding carboxylic acids is 2. The van der Waals surface area contributed by atoms with Crippen molar-refractivity contribution in [2.75, 3.05) is 37.8 Å². The lowest BCUT2D eigenvalue weighted by Gasteiger charge is -2.30. The fraction of sp³-hybridized carbons (Fsp3) is 0.556. The summed E-state index contributed by atoms with van der Waals surface area (Å²) in [4.78, 5) is 36.9. The van der Waals surface area contributed by atoms with Gasteiger partial charge < -0.3 is 19.7 Å². The van der Waals surface area contributed by atoms with Crippen molar-refractivity contribution < 1.29 is 24.0 Å². The average molecular weight is 379 g/mol. The Morgan fingerprint density at radius 1 is 1.30 bits per heavy atom. The van der Waals surface area contributed by atoms with Gasteiger partial charge in [0.15, 0.2) is 6.61 Å². The van der Waals surface area contributed by atoms with E-state index in [9.17, 15) is 19.7 Å². The van der Waals surface area contributed by atoms with Crippen LogP contribution in [0.4, 0.5) is 11.4 Å². The van der Waals surface area contributed by atoms with E-state index in [4.69, 9.17) is 9.47 Å². The van der Waals surface area contributed by atoms with E-state index in [0.717, 1.165) is 12.8 Å². The highest BCUT2D eigenvalue weighted by atomic mass is 16.6. The molecule has 1 fully saturated rings. The van der Waals surface area contributed by atoms with Crippen molar-refractivity contribution in [3.05, 3.63) is 33.9 Å². The average Bonchev–Trinajstić information content (AvgIpc) is 2.70. The summed E-state index contributed by atoms with van der Waals surface area (Å²) in [5.74, 6) is -1.16. The molecule has 148 valence electrons. The molecular formula is C18H25N3O6. The van der Waals surface area contributed by atoms with E-state index in [1.165, 1.54) is 18.2 Å². The van der Waals surface area contributed by atoms with Gasteiger partial charge in [-0.3, -0.25) is 14.9 Å². The molecule has 1 heterocycles. The number of ether oxygens (including phenoxy) is 2. The second kappa shape index (κ2) is 9.86. The summed E-state index contributed by atoms with van der Waals surface area (Å²) in [6, 6.07) is 4.09. The predicted octanol–water partition coefficient (Wildman–Crippen LogP) is 1.89. The normalized spacial score (nSPS) is 14.1. The molecule has 0 unspecified atom stereocenters. The van der Waals surface area contributed by atoms with Gasteiger partial charge in [-0.15, -0.1) is 0 Å². The van der Waals surface area contributed by atoms with Gasteiger partial charge in [-0.05, 0) is 18.9 Å². The van der Waals surface area contributed by atoms with Crippen molar-refractivity contribution in [1.82, 2.24) is 5.32 Å². The lowest BCUT2D eigenvalue weighted by Crippen LogP contribution is -2.38. The van der Waals surface area contributed by atoms with Gasteiger partial charge in [0.2, 0.25) is 0 Å². The van der Waals surface area contributed by atoms with Crippen LogP contribution < -0.4 is 10.2 Å². The Kier molecular flexibility index (Phi) is 7.54. The highest BCUT2D eigenvalue weighted by Gasteiger charge is 2.23. The third-order valence-electron chi connectivity index (χ3n) is 4.45. The van der Waals surface area contributed by atoms with Gasteiger partial charge in [-0.2, -0.15) is 0 Å². The number of nitro benzene ring substituents is 1. The Bertz CT molecular complexity index is 684. The summed E-state index contributed by atoms with van der Waals surface area (Å²) in [5.41, 5.74) is 0.399. The molecule has 1 aromatic rings. The fourth-order valence-corrected chi connectivity index (χ4v) is 2.85. The van der Waals surface area contributed by atoms with Crippen molar-refractivity contribution in [3.8, 4) is 0 Å². The summed E-state index contributed by atoms with van der Waals surface area (Å²) < 4.78 is 10.4. The molecule has 0 aliphatic carbocycles. The van der Waals surface area contributed by atoms with Crippen LogP contribution in [0.15, 0.2) is 18.2 Å². The van der Waals surface area contributed by atoms with Crippen LogP contribution in [0.3, 0.4) is 0 Å². The summed E-state index contributed by atoms with van der Waals surface area (Å²) in [5, 5.41) is 13.9. The Morgan fingerprint density at radius 2 is 1.96 bits per heavy atom. The molecule has 0 spiro atoms. The Balaban J connectivity index is 2.13. The van der Waals surface area contributed by atoms with E-state index < -0.39 is 23.4 Å². The SMILES string of the molecule is CCC(CC)NC(=O)COC(=O)c1cc([N+](=O)[O-])ccc1N1CCOCC1. The molecule has 0 saturated carbocycles. The molecule has 9 nitrogen and oxygen atoms in total. The maximum Gasteiger partial charge on any atom is 0.341 e. The molecule has 9 heteroatoms. The first kappa shape index (κ1) is 20.6. The number of non-ortho nitro benzene ring substituents is 1. The quantitative estimate of drug-likeness (QED) is 0.417. The maximum atomic E-state index is 12.5. The summed E-state index contributed by atoms with van der Waals surface area (Å²) >= 11 is 0. The van der Waals surface area contributed by atoms with Gasteiger partial charge >= 0.3 is 5.97 Å². The summed E-state index contributed by atoms with van der Waals surface area (Å²) in [7, 11) is 0. The summed E-state index contributed by atoms with van der Waals surface area (Å²) in [6.07, 6.45) is 1.56. The first-order chi connectivity index (χ1) is 13.0. The molecular weight excluding hydrogens is 354 g/mol. The van der Waals surface area contributed by atoms with Crippen LogP contribution in [-0.2, 0) is 14.3 Å². The van der Waals surface area contributed by atoms with Gasteiger partial charge in [0.05, 0.1) is 29.4 Å². The largest absolute Gasteiger partial charge is 0.452 e. The van der Waals surface area contributed by atoms with Gasteiger partial charge in [-0.25, -0.2) is 4.79 Å². The van der Waals surface area contributed by atoms with E-state index in [1.807, 2.05) is 18.7 Å². The molecule has 2 rings (SSSR count). The molecule has 0 radical (unpaired) electrons. The zero-order chi connectivity index (χ0) is 19.8. The maximum absolute atomic E-state index is 12.5. The Hall–Kier alpha value is -2.68. The Labute approximate surface area is 157 Å². The third kappa shape index (κ3) is 5.65.